The molecule has 0 atom stereocenters. The van der Waals surface area contributed by atoms with Crippen molar-refractivity contribution in [1.82, 2.24) is 0 Å². The van der Waals surface area contributed by atoms with Gasteiger partial charge in [-0.15, -0.1) is 11.3 Å². The number of ether oxygens (including phenoxy) is 1. The molecule has 66 valence electrons. The molecule has 1 heterocycles. The fourth-order valence-electron chi connectivity index (χ4n) is 0.759. The van der Waals surface area contributed by atoms with Crippen LogP contribution in [-0.4, -0.2) is 19.3 Å². The molecule has 0 N–H and O–H groups in total. The molecule has 0 aromatic carbocycles. The first kappa shape index (κ1) is 9.19. The molecule has 0 unspecified atom stereocenters. The molecular weight excluding hydrogens is 179 g/mol. The minimum absolute atomic E-state index is 0.135. The summed E-state index contributed by atoms with van der Waals surface area (Å²) in [6.07, 6.45) is 0.248. The van der Waals surface area contributed by atoms with Crippen LogP contribution in [0.15, 0.2) is 17.5 Å². The van der Waals surface area contributed by atoms with Crippen LogP contribution < -0.4 is 0 Å². The standard InChI is InChI=1S/C8H9FO2S/c9-3-4-11-8(10)6-7-2-1-5-12-7/h1-2,5H,3-4,6H2. The van der Waals surface area contributed by atoms with Crippen molar-refractivity contribution in [2.75, 3.05) is 13.3 Å². The molecule has 0 amide bonds. The Morgan fingerprint density at radius 1 is 1.67 bits per heavy atom. The van der Waals surface area contributed by atoms with Crippen molar-refractivity contribution >= 4 is 17.3 Å². The maximum absolute atomic E-state index is 11.6. The molecule has 0 saturated carbocycles. The van der Waals surface area contributed by atoms with Gasteiger partial charge in [0.1, 0.15) is 13.3 Å². The number of alkyl halides is 1. The number of hydrogen-bond acceptors (Lipinski definition) is 3. The zero-order valence-corrected chi connectivity index (χ0v) is 7.27. The van der Waals surface area contributed by atoms with E-state index in [4.69, 9.17) is 0 Å². The van der Waals surface area contributed by atoms with Crippen LogP contribution in [0.3, 0.4) is 0 Å². The number of rotatable bonds is 4. The molecule has 0 radical (unpaired) electrons. The predicted octanol–water partition coefficient (Wildman–Crippen LogP) is 1.80. The Morgan fingerprint density at radius 2 is 2.50 bits per heavy atom. The van der Waals surface area contributed by atoms with Crippen molar-refractivity contribution in [2.45, 2.75) is 6.42 Å². The van der Waals surface area contributed by atoms with Gasteiger partial charge in [-0.25, -0.2) is 4.39 Å². The molecule has 4 heteroatoms. The zero-order valence-electron chi connectivity index (χ0n) is 6.46. The fourth-order valence-corrected chi connectivity index (χ4v) is 1.45. The Kier molecular flexibility index (Phi) is 3.73. The molecule has 12 heavy (non-hydrogen) atoms. The van der Waals surface area contributed by atoms with Gasteiger partial charge in [0.2, 0.25) is 0 Å². The summed E-state index contributed by atoms with van der Waals surface area (Å²) in [6.45, 7) is -0.750. The Hall–Kier alpha value is -0.900. The quantitative estimate of drug-likeness (QED) is 0.673. The maximum atomic E-state index is 11.6. The molecule has 1 aromatic rings. The highest BCUT2D eigenvalue weighted by atomic mass is 32.1. The summed E-state index contributed by atoms with van der Waals surface area (Å²) in [4.78, 5) is 11.8. The maximum Gasteiger partial charge on any atom is 0.311 e. The second-order valence-electron chi connectivity index (χ2n) is 2.17. The van der Waals surface area contributed by atoms with Crippen molar-refractivity contribution < 1.29 is 13.9 Å². The molecule has 0 saturated heterocycles. The van der Waals surface area contributed by atoms with Crippen molar-refractivity contribution in [3.05, 3.63) is 22.4 Å². The molecule has 0 aliphatic rings. The molecule has 1 aromatic heterocycles. The average Bonchev–Trinajstić information content (AvgIpc) is 2.53. The smallest absolute Gasteiger partial charge is 0.311 e. The summed E-state index contributed by atoms with van der Waals surface area (Å²) in [6, 6.07) is 3.71. The van der Waals surface area contributed by atoms with Crippen LogP contribution in [0.1, 0.15) is 4.88 Å². The van der Waals surface area contributed by atoms with Crippen LogP contribution in [0, 0.1) is 0 Å². The molecule has 2 nitrogen and oxygen atoms in total. The first-order valence-corrected chi connectivity index (χ1v) is 4.45. The van der Waals surface area contributed by atoms with Gasteiger partial charge < -0.3 is 4.74 Å². The average molecular weight is 188 g/mol. The summed E-state index contributed by atoms with van der Waals surface area (Å²) < 4.78 is 16.1. The Labute approximate surface area is 74.0 Å². The summed E-state index contributed by atoms with van der Waals surface area (Å²) in [5, 5.41) is 1.89. The minimum Gasteiger partial charge on any atom is -0.463 e. The lowest BCUT2D eigenvalue weighted by Gasteiger charge is -1.99. The van der Waals surface area contributed by atoms with Crippen LogP contribution in [0.25, 0.3) is 0 Å². The van der Waals surface area contributed by atoms with E-state index in [1.165, 1.54) is 11.3 Å². The van der Waals surface area contributed by atoms with Crippen molar-refractivity contribution in [3.8, 4) is 0 Å². The molecule has 0 aliphatic carbocycles. The molecule has 0 spiro atoms. The Morgan fingerprint density at radius 3 is 3.08 bits per heavy atom. The van der Waals surface area contributed by atoms with Crippen molar-refractivity contribution in [1.29, 1.82) is 0 Å². The summed E-state index contributed by atoms with van der Waals surface area (Å²) in [5.41, 5.74) is 0. The zero-order chi connectivity index (χ0) is 8.81. The number of hydrogen-bond donors (Lipinski definition) is 0. The van der Waals surface area contributed by atoms with Crippen LogP contribution >= 0.6 is 11.3 Å². The highest BCUT2D eigenvalue weighted by Crippen LogP contribution is 2.09. The molecule has 0 bridgehead atoms. The van der Waals surface area contributed by atoms with Crippen LogP contribution in [-0.2, 0) is 16.0 Å². The normalized spacial score (nSPS) is 9.75. The third-order valence-electron chi connectivity index (χ3n) is 1.24. The Balaban J connectivity index is 2.27. The van der Waals surface area contributed by atoms with E-state index in [0.717, 1.165) is 4.88 Å². The van der Waals surface area contributed by atoms with Gasteiger partial charge in [0.05, 0.1) is 6.42 Å². The van der Waals surface area contributed by atoms with E-state index >= 15 is 0 Å². The molecule has 0 aliphatic heterocycles. The SMILES string of the molecule is O=C(Cc1cccs1)OCCF. The minimum atomic E-state index is -0.615. The lowest BCUT2D eigenvalue weighted by atomic mass is 10.3. The van der Waals surface area contributed by atoms with Gasteiger partial charge in [0, 0.05) is 4.88 Å². The number of thiophene rings is 1. The van der Waals surface area contributed by atoms with Crippen LogP contribution in [0.5, 0.6) is 0 Å². The van der Waals surface area contributed by atoms with E-state index < -0.39 is 6.67 Å². The van der Waals surface area contributed by atoms with Crippen LogP contribution in [0.2, 0.25) is 0 Å². The van der Waals surface area contributed by atoms with Gasteiger partial charge in [0.15, 0.2) is 0 Å². The van der Waals surface area contributed by atoms with Gasteiger partial charge in [-0.2, -0.15) is 0 Å². The third-order valence-corrected chi connectivity index (χ3v) is 2.12. The van der Waals surface area contributed by atoms with E-state index in [0.29, 0.717) is 0 Å². The molecule has 0 fully saturated rings. The van der Waals surface area contributed by atoms with E-state index in [1.54, 1.807) is 0 Å². The van der Waals surface area contributed by atoms with Crippen molar-refractivity contribution in [3.63, 3.8) is 0 Å². The largest absolute Gasteiger partial charge is 0.463 e. The third kappa shape index (κ3) is 3.00. The fraction of sp³-hybridized carbons (Fsp3) is 0.375. The molecular formula is C8H9FO2S. The highest BCUT2D eigenvalue weighted by molar-refractivity contribution is 7.10. The number of halogens is 1. The summed E-state index contributed by atoms with van der Waals surface area (Å²) >= 11 is 1.49. The van der Waals surface area contributed by atoms with Crippen LogP contribution in [0.4, 0.5) is 4.39 Å². The van der Waals surface area contributed by atoms with E-state index in [-0.39, 0.29) is 19.0 Å². The topological polar surface area (TPSA) is 26.3 Å². The summed E-state index contributed by atoms with van der Waals surface area (Å²) in [7, 11) is 0. The first-order chi connectivity index (χ1) is 5.83. The van der Waals surface area contributed by atoms with Gasteiger partial charge >= 0.3 is 5.97 Å². The monoisotopic (exact) mass is 188 g/mol. The predicted molar refractivity (Wildman–Crippen MR) is 45.0 cm³/mol. The second-order valence-corrected chi connectivity index (χ2v) is 3.20. The van der Waals surface area contributed by atoms with Gasteiger partial charge in [-0.05, 0) is 11.4 Å². The lowest BCUT2D eigenvalue weighted by Crippen LogP contribution is -2.08. The lowest BCUT2D eigenvalue weighted by molar-refractivity contribution is -0.143. The number of carbonyl (C=O) groups excluding carboxylic acids is 1. The Bertz CT molecular complexity index is 233. The molecule has 1 rings (SSSR count). The van der Waals surface area contributed by atoms with Gasteiger partial charge in [0.25, 0.3) is 0 Å². The van der Waals surface area contributed by atoms with Crippen molar-refractivity contribution in [2.24, 2.45) is 0 Å². The van der Waals surface area contributed by atoms with Gasteiger partial charge in [-0.1, -0.05) is 6.07 Å². The second kappa shape index (κ2) is 4.87. The highest BCUT2D eigenvalue weighted by Gasteiger charge is 2.04. The summed E-state index contributed by atoms with van der Waals surface area (Å²) in [5.74, 6) is -0.366. The van der Waals surface area contributed by atoms with Gasteiger partial charge in [-0.3, -0.25) is 4.79 Å². The van der Waals surface area contributed by atoms with E-state index in [1.807, 2.05) is 17.5 Å². The number of carbonyl (C=O) groups is 1. The number of esters is 1. The van der Waals surface area contributed by atoms with E-state index in [2.05, 4.69) is 4.74 Å². The first-order valence-electron chi connectivity index (χ1n) is 3.57. The van der Waals surface area contributed by atoms with E-state index in [9.17, 15) is 9.18 Å².